The summed E-state index contributed by atoms with van der Waals surface area (Å²) in [7, 11) is 1.92. The molecule has 2 aromatic rings. The first kappa shape index (κ1) is 18.7. The van der Waals surface area contributed by atoms with Gasteiger partial charge in [0, 0.05) is 55.8 Å². The number of aryl methyl sites for hydroxylation is 1. The summed E-state index contributed by atoms with van der Waals surface area (Å²) < 4.78 is 4.11. The number of hydrogen-bond acceptors (Lipinski definition) is 4. The average molecular weight is 417 g/mol. The van der Waals surface area contributed by atoms with E-state index in [0.717, 1.165) is 16.8 Å². The van der Waals surface area contributed by atoms with E-state index < -0.39 is 0 Å². The monoisotopic (exact) mass is 415 g/mol. The van der Waals surface area contributed by atoms with Gasteiger partial charge in [0.1, 0.15) is 18.4 Å². The minimum Gasteiger partial charge on any atom is -0.336 e. The Bertz CT molecular complexity index is 775. The smallest absolute Gasteiger partial charge is 0.251 e. The van der Waals surface area contributed by atoms with E-state index in [2.05, 4.69) is 26.2 Å². The van der Waals surface area contributed by atoms with Gasteiger partial charge in [-0.1, -0.05) is 0 Å². The van der Waals surface area contributed by atoms with Crippen LogP contribution in [0.1, 0.15) is 11.9 Å². The zero-order valence-electron chi connectivity index (χ0n) is 13.2. The lowest BCUT2D eigenvalue weighted by atomic mass is 10.1. The first-order chi connectivity index (χ1) is 11.1. The largest absolute Gasteiger partial charge is 0.336 e. The normalized spacial score (nSPS) is 17.4. The van der Waals surface area contributed by atoms with Crippen molar-refractivity contribution in [3.8, 4) is 0 Å². The van der Waals surface area contributed by atoms with Crippen LogP contribution in [0, 0.1) is 0 Å². The first-order valence-electron chi connectivity index (χ1n) is 7.39. The van der Waals surface area contributed by atoms with Gasteiger partial charge in [-0.05, 0) is 22.0 Å². The number of amides is 1. The van der Waals surface area contributed by atoms with E-state index in [0.29, 0.717) is 13.1 Å². The molecule has 0 spiro atoms. The van der Waals surface area contributed by atoms with E-state index in [1.165, 1.54) is 10.6 Å². The van der Waals surface area contributed by atoms with Gasteiger partial charge in [0.25, 0.3) is 5.56 Å². The minimum absolute atomic E-state index is 0. The Labute approximate surface area is 154 Å². The fraction of sp³-hybridized carbons (Fsp3) is 0.400. The molecular formula is C15H19BrClN5O2. The number of rotatable bonds is 3. The van der Waals surface area contributed by atoms with Gasteiger partial charge in [-0.3, -0.25) is 9.59 Å². The Morgan fingerprint density at radius 1 is 1.46 bits per heavy atom. The summed E-state index contributed by atoms with van der Waals surface area (Å²) in [6.45, 7) is 2.02. The molecule has 1 saturated heterocycles. The van der Waals surface area contributed by atoms with Gasteiger partial charge in [0.05, 0.1) is 0 Å². The number of nitrogens with zero attached hydrogens (tertiary/aromatic N) is 4. The molecular weight excluding hydrogens is 398 g/mol. The van der Waals surface area contributed by atoms with Crippen molar-refractivity contribution in [3.05, 3.63) is 51.4 Å². The van der Waals surface area contributed by atoms with E-state index in [1.54, 1.807) is 23.4 Å². The molecule has 2 aromatic heterocycles. The van der Waals surface area contributed by atoms with Crippen molar-refractivity contribution in [2.45, 2.75) is 12.6 Å². The van der Waals surface area contributed by atoms with Crippen LogP contribution in [0.5, 0.6) is 0 Å². The molecule has 1 amide bonds. The van der Waals surface area contributed by atoms with Crippen LogP contribution < -0.4 is 10.9 Å². The second-order valence-corrected chi connectivity index (χ2v) is 6.43. The molecule has 0 aliphatic carbocycles. The number of pyridine rings is 1. The number of carbonyl (C=O) groups is 1. The standard InChI is InChI=1S/C15H18BrN5O2.ClH/c1-19-6-5-18-15(19)12-8-17-4-7-21(12)14(23)10-20-9-11(16)2-3-13(20)22;/h2-3,5-6,9,12,17H,4,7-8,10H2,1H3;1H. The quantitative estimate of drug-likeness (QED) is 0.808. The topological polar surface area (TPSA) is 72.2 Å². The third-order valence-electron chi connectivity index (χ3n) is 3.97. The van der Waals surface area contributed by atoms with Gasteiger partial charge in [-0.25, -0.2) is 4.98 Å². The lowest BCUT2D eigenvalue weighted by Crippen LogP contribution is -2.50. The summed E-state index contributed by atoms with van der Waals surface area (Å²) in [5.41, 5.74) is -0.190. The number of halogens is 2. The van der Waals surface area contributed by atoms with Crippen molar-refractivity contribution in [3.63, 3.8) is 0 Å². The molecule has 3 rings (SSSR count). The molecule has 1 aliphatic heterocycles. The number of hydrogen-bond donors (Lipinski definition) is 1. The number of aromatic nitrogens is 3. The SMILES string of the molecule is Cl.Cn1ccnc1C1CNCCN1C(=O)Cn1cc(Br)ccc1=O. The summed E-state index contributed by atoms with van der Waals surface area (Å²) in [4.78, 5) is 30.8. The van der Waals surface area contributed by atoms with Crippen molar-refractivity contribution in [2.24, 2.45) is 7.05 Å². The lowest BCUT2D eigenvalue weighted by molar-refractivity contribution is -0.135. The number of imidazole rings is 1. The predicted octanol–water partition coefficient (Wildman–Crippen LogP) is 0.939. The maximum absolute atomic E-state index is 12.7. The molecule has 1 atom stereocenters. The molecule has 0 saturated carbocycles. The highest BCUT2D eigenvalue weighted by Crippen LogP contribution is 2.20. The van der Waals surface area contributed by atoms with Crippen LogP contribution >= 0.6 is 28.3 Å². The van der Waals surface area contributed by atoms with Crippen LogP contribution in [0.3, 0.4) is 0 Å². The third kappa shape index (κ3) is 3.88. The third-order valence-corrected chi connectivity index (χ3v) is 4.44. The number of carbonyl (C=O) groups excluding carboxylic acids is 1. The summed E-state index contributed by atoms with van der Waals surface area (Å²) in [6, 6.07) is 3.00. The van der Waals surface area contributed by atoms with Crippen LogP contribution in [-0.2, 0) is 18.4 Å². The Balaban J connectivity index is 0.00000208. The maximum atomic E-state index is 12.7. The van der Waals surface area contributed by atoms with Crippen LogP contribution in [0.4, 0.5) is 0 Å². The van der Waals surface area contributed by atoms with Crippen LogP contribution in [-0.4, -0.2) is 44.6 Å². The molecule has 3 heterocycles. The number of piperazine rings is 1. The predicted molar refractivity (Wildman–Crippen MR) is 96.2 cm³/mol. The first-order valence-corrected chi connectivity index (χ1v) is 8.19. The minimum atomic E-state index is -0.190. The van der Waals surface area contributed by atoms with Crippen LogP contribution in [0.2, 0.25) is 0 Å². The van der Waals surface area contributed by atoms with Gasteiger partial charge in [-0.2, -0.15) is 0 Å². The summed E-state index contributed by atoms with van der Waals surface area (Å²) >= 11 is 3.33. The molecule has 1 unspecified atom stereocenters. The Kier molecular flexibility index (Phi) is 6.20. The van der Waals surface area contributed by atoms with Crippen molar-refractivity contribution >= 4 is 34.2 Å². The van der Waals surface area contributed by atoms with Gasteiger partial charge in [-0.15, -0.1) is 12.4 Å². The molecule has 1 fully saturated rings. The second-order valence-electron chi connectivity index (χ2n) is 5.52. The van der Waals surface area contributed by atoms with Crippen molar-refractivity contribution in [2.75, 3.05) is 19.6 Å². The Morgan fingerprint density at radius 2 is 2.25 bits per heavy atom. The summed E-state index contributed by atoms with van der Waals surface area (Å²) in [5.74, 6) is 0.756. The Morgan fingerprint density at radius 3 is 2.96 bits per heavy atom. The lowest BCUT2D eigenvalue weighted by Gasteiger charge is -2.35. The molecule has 24 heavy (non-hydrogen) atoms. The molecule has 9 heteroatoms. The molecule has 7 nitrogen and oxygen atoms in total. The van der Waals surface area contributed by atoms with Crippen LogP contribution in [0.15, 0.2) is 40.0 Å². The van der Waals surface area contributed by atoms with E-state index in [-0.39, 0.29) is 36.5 Å². The molecule has 130 valence electrons. The van der Waals surface area contributed by atoms with Gasteiger partial charge < -0.3 is 19.4 Å². The van der Waals surface area contributed by atoms with Crippen LogP contribution in [0.25, 0.3) is 0 Å². The highest BCUT2D eigenvalue weighted by molar-refractivity contribution is 9.10. The van der Waals surface area contributed by atoms with Crippen molar-refractivity contribution in [1.82, 2.24) is 24.3 Å². The van der Waals surface area contributed by atoms with Gasteiger partial charge in [0.2, 0.25) is 5.91 Å². The molecule has 1 N–H and O–H groups in total. The van der Waals surface area contributed by atoms with E-state index in [1.807, 2.05) is 17.8 Å². The van der Waals surface area contributed by atoms with Gasteiger partial charge >= 0.3 is 0 Å². The molecule has 1 aliphatic rings. The fourth-order valence-corrected chi connectivity index (χ4v) is 3.17. The second kappa shape index (κ2) is 7.96. The molecule has 0 radical (unpaired) electrons. The summed E-state index contributed by atoms with van der Waals surface area (Å²) in [5, 5.41) is 3.30. The molecule has 0 bridgehead atoms. The number of nitrogens with one attached hydrogen (secondary N) is 1. The maximum Gasteiger partial charge on any atom is 0.251 e. The van der Waals surface area contributed by atoms with E-state index >= 15 is 0 Å². The zero-order chi connectivity index (χ0) is 16.4. The highest BCUT2D eigenvalue weighted by atomic mass is 79.9. The van der Waals surface area contributed by atoms with E-state index in [9.17, 15) is 9.59 Å². The fourth-order valence-electron chi connectivity index (χ4n) is 2.79. The Hall–Kier alpha value is -1.64. The highest BCUT2D eigenvalue weighted by Gasteiger charge is 2.30. The van der Waals surface area contributed by atoms with E-state index in [4.69, 9.17) is 0 Å². The molecule has 0 aromatic carbocycles. The zero-order valence-corrected chi connectivity index (χ0v) is 15.6. The van der Waals surface area contributed by atoms with Crippen molar-refractivity contribution < 1.29 is 4.79 Å². The van der Waals surface area contributed by atoms with Gasteiger partial charge in [0.15, 0.2) is 0 Å². The summed E-state index contributed by atoms with van der Waals surface area (Å²) in [6.07, 6.45) is 5.23. The van der Waals surface area contributed by atoms with Crippen molar-refractivity contribution in [1.29, 1.82) is 0 Å². The average Bonchev–Trinajstić information content (AvgIpc) is 2.97.